The highest BCUT2D eigenvalue weighted by Crippen LogP contribution is 2.46. The molecule has 9 rings (SSSR count). The van der Waals surface area contributed by atoms with Crippen molar-refractivity contribution in [3.63, 3.8) is 0 Å². The molecule has 2 N–H and O–H groups in total. The van der Waals surface area contributed by atoms with Gasteiger partial charge in [0.15, 0.2) is 16.9 Å². The normalized spacial score (nSPS) is 15.6. The van der Waals surface area contributed by atoms with E-state index in [1.165, 1.54) is 40.2 Å². The molecule has 72 heavy (non-hydrogen) atoms. The topological polar surface area (TPSA) is 161 Å². The zero-order valence-electron chi connectivity index (χ0n) is 38.9. The minimum absolute atomic E-state index is 0.0745. The Bertz CT molecular complexity index is 2890. The van der Waals surface area contributed by atoms with Crippen molar-refractivity contribution in [2.75, 3.05) is 22.8 Å². The van der Waals surface area contributed by atoms with Crippen LogP contribution in [0.4, 0.5) is 9.93 Å². The van der Waals surface area contributed by atoms with Crippen LogP contribution in [0.15, 0.2) is 202 Å². The van der Waals surface area contributed by atoms with Crippen LogP contribution in [0.2, 0.25) is 0 Å². The molecule has 0 bridgehead atoms. The second kappa shape index (κ2) is 23.8. The number of amides is 3. The van der Waals surface area contributed by atoms with E-state index in [2.05, 4.69) is 25.8 Å². The summed E-state index contributed by atoms with van der Waals surface area (Å²) in [6.45, 7) is 2.22. The van der Waals surface area contributed by atoms with E-state index < -0.39 is 47.0 Å². The first-order valence-electron chi connectivity index (χ1n) is 23.1. The highest BCUT2D eigenvalue weighted by molar-refractivity contribution is 8.18. The first-order chi connectivity index (χ1) is 35.3. The minimum Gasteiger partial charge on any atom is -0.449 e. The largest absolute Gasteiger partial charge is 0.449 e. The summed E-state index contributed by atoms with van der Waals surface area (Å²) in [4.78, 5) is 75.0. The zero-order valence-corrected chi connectivity index (χ0v) is 42.1. The highest BCUT2D eigenvalue weighted by atomic mass is 32.2. The number of rotatable bonds is 20. The van der Waals surface area contributed by atoms with Crippen LogP contribution in [0.1, 0.15) is 59.4 Å². The molecule has 364 valence electrons. The number of hydrogen-bond donors (Lipinski definition) is 2. The molecule has 2 atom stereocenters. The standard InChI is InChI=1S/C55H48N6O7S4/c1-2-3-33-66-54(65)59-53-57-42(34-70-53)45(60-68-55(39-25-13-6-14-26-39,40-27-15-7-16-28-40)41-29-17-8-18-30-41)49(62)58-46-50(63)61-47(43(35-69-51(46)61)71-36-72-44-31-19-20-32-56-44)52(64)67-48(37-21-9-4-10-22-37)38-23-11-5-12-24-38/h4-32,34,46,48,51H,2-3,33,35-36H2,1H3,(H,58,62)(H,57,59,65)/b60-45-/t46-,51+/m1/s1. The number of aromatic nitrogens is 2. The fourth-order valence-corrected chi connectivity index (χ4v) is 12.4. The summed E-state index contributed by atoms with van der Waals surface area (Å²) in [5, 5.41) is 12.6. The van der Waals surface area contributed by atoms with E-state index in [-0.39, 0.29) is 28.8 Å². The SMILES string of the molecule is CCCCOC(=O)Nc1nc(/C(=N/OC(c2ccccc2)(c2ccccc2)c2ccccc2)C(=O)N[C@@H]2C(=O)N3C(C(=O)OC(c4ccccc4)c4ccccc4)=C(SCSc4ccccn4)CS[C@@H]23)cs1. The molecule has 7 aromatic rings. The van der Waals surface area contributed by atoms with Gasteiger partial charge in [-0.1, -0.05) is 188 Å². The van der Waals surface area contributed by atoms with Crippen molar-refractivity contribution in [2.45, 2.75) is 47.9 Å². The lowest BCUT2D eigenvalue weighted by molar-refractivity contribution is -0.154. The summed E-state index contributed by atoms with van der Waals surface area (Å²) in [6.07, 6.45) is 1.80. The summed E-state index contributed by atoms with van der Waals surface area (Å²) >= 11 is 5.44. The molecule has 1 saturated heterocycles. The van der Waals surface area contributed by atoms with Crippen LogP contribution in [0.3, 0.4) is 0 Å². The van der Waals surface area contributed by atoms with Gasteiger partial charge in [0.2, 0.25) is 5.60 Å². The smallest absolute Gasteiger partial charge is 0.413 e. The quantitative estimate of drug-likeness (QED) is 0.0109. The van der Waals surface area contributed by atoms with Crippen LogP contribution in [0, 0.1) is 0 Å². The Hall–Kier alpha value is -7.18. The van der Waals surface area contributed by atoms with Gasteiger partial charge in [-0.15, -0.1) is 34.9 Å². The number of nitrogens with one attached hydrogen (secondary N) is 2. The van der Waals surface area contributed by atoms with Gasteiger partial charge < -0.3 is 19.6 Å². The molecule has 17 heteroatoms. The lowest BCUT2D eigenvalue weighted by atomic mass is 9.80. The second-order valence-corrected chi connectivity index (χ2v) is 20.7. The maximum absolute atomic E-state index is 14.9. The number of fused-ring (bicyclic) bond motifs is 1. The van der Waals surface area contributed by atoms with Gasteiger partial charge in [-0.3, -0.25) is 19.8 Å². The lowest BCUT2D eigenvalue weighted by Crippen LogP contribution is -2.71. The monoisotopic (exact) mass is 1030 g/mol. The number of anilines is 1. The van der Waals surface area contributed by atoms with E-state index in [0.29, 0.717) is 22.2 Å². The predicted molar refractivity (Wildman–Crippen MR) is 284 cm³/mol. The van der Waals surface area contributed by atoms with Gasteiger partial charge in [-0.05, 0) is 29.7 Å². The Morgan fingerprint density at radius 1 is 0.792 bits per heavy atom. The zero-order chi connectivity index (χ0) is 49.7. The Morgan fingerprint density at radius 2 is 1.38 bits per heavy atom. The number of nitrogens with zero attached hydrogens (tertiary/aromatic N) is 4. The molecular weight excluding hydrogens is 985 g/mol. The molecule has 2 aliphatic rings. The van der Waals surface area contributed by atoms with Gasteiger partial charge in [0.1, 0.15) is 22.8 Å². The maximum atomic E-state index is 14.9. The first-order valence-corrected chi connectivity index (χ1v) is 27.0. The number of benzene rings is 5. The van der Waals surface area contributed by atoms with Crippen LogP contribution < -0.4 is 10.6 Å². The van der Waals surface area contributed by atoms with Crippen molar-refractivity contribution in [3.8, 4) is 0 Å². The molecule has 4 heterocycles. The van der Waals surface area contributed by atoms with Crippen LogP contribution in [-0.2, 0) is 34.3 Å². The molecule has 13 nitrogen and oxygen atoms in total. The van der Waals surface area contributed by atoms with E-state index in [1.807, 2.05) is 177 Å². The van der Waals surface area contributed by atoms with Gasteiger partial charge in [0, 0.05) is 44.0 Å². The number of carbonyl (C=O) groups is 4. The van der Waals surface area contributed by atoms with Gasteiger partial charge in [0.25, 0.3) is 11.8 Å². The molecule has 3 amide bonds. The Kier molecular flexibility index (Phi) is 16.5. The van der Waals surface area contributed by atoms with Crippen LogP contribution >= 0.6 is 46.6 Å². The third kappa shape index (κ3) is 11.3. The van der Waals surface area contributed by atoms with Gasteiger partial charge in [-0.2, -0.15) is 0 Å². The van der Waals surface area contributed by atoms with E-state index >= 15 is 0 Å². The second-order valence-electron chi connectivity index (χ2n) is 16.3. The predicted octanol–water partition coefficient (Wildman–Crippen LogP) is 11.0. The molecule has 0 aliphatic carbocycles. The van der Waals surface area contributed by atoms with Crippen molar-refractivity contribution >= 4 is 81.3 Å². The van der Waals surface area contributed by atoms with Crippen molar-refractivity contribution < 1.29 is 33.5 Å². The van der Waals surface area contributed by atoms with E-state index in [4.69, 9.17) is 14.3 Å². The molecule has 0 spiro atoms. The molecule has 5 aromatic carbocycles. The van der Waals surface area contributed by atoms with Gasteiger partial charge >= 0.3 is 12.1 Å². The highest BCUT2D eigenvalue weighted by Gasteiger charge is 2.55. The summed E-state index contributed by atoms with van der Waals surface area (Å²) in [5.74, 6) is -1.60. The maximum Gasteiger partial charge on any atom is 0.413 e. The third-order valence-corrected chi connectivity index (χ3v) is 16.0. The first kappa shape index (κ1) is 49.8. The number of pyridine rings is 1. The molecular formula is C55H48N6O7S4. The number of ether oxygens (including phenoxy) is 2. The summed E-state index contributed by atoms with van der Waals surface area (Å²) in [6, 6.07) is 52.1. The Labute approximate surface area is 433 Å². The number of carbonyl (C=O) groups excluding carboxylic acids is 4. The van der Waals surface area contributed by atoms with E-state index in [9.17, 15) is 19.2 Å². The number of hydrogen-bond acceptors (Lipinski definition) is 14. The molecule has 0 saturated carbocycles. The number of thiazole rings is 1. The van der Waals surface area contributed by atoms with Gasteiger partial charge in [-0.25, -0.2) is 19.6 Å². The number of oxime groups is 1. The summed E-state index contributed by atoms with van der Waals surface area (Å²) in [7, 11) is 0. The van der Waals surface area contributed by atoms with Gasteiger partial charge in [0.05, 0.1) is 11.6 Å². The number of thioether (sulfide) groups is 3. The molecule has 0 unspecified atom stereocenters. The third-order valence-electron chi connectivity index (χ3n) is 11.6. The minimum atomic E-state index is -1.38. The number of esters is 1. The summed E-state index contributed by atoms with van der Waals surface area (Å²) in [5.41, 5.74) is 2.26. The van der Waals surface area contributed by atoms with Crippen molar-refractivity contribution in [1.29, 1.82) is 0 Å². The lowest BCUT2D eigenvalue weighted by Gasteiger charge is -2.49. The fourth-order valence-electron chi connectivity index (χ4n) is 8.11. The van der Waals surface area contributed by atoms with Crippen LogP contribution in [0.5, 0.6) is 0 Å². The molecule has 2 aromatic heterocycles. The molecule has 2 aliphatic heterocycles. The average molecular weight is 1030 g/mol. The van der Waals surface area contributed by atoms with Crippen LogP contribution in [0.25, 0.3) is 0 Å². The van der Waals surface area contributed by atoms with E-state index in [1.54, 1.807) is 11.6 Å². The van der Waals surface area contributed by atoms with Crippen molar-refractivity contribution in [1.82, 2.24) is 20.2 Å². The summed E-state index contributed by atoms with van der Waals surface area (Å²) < 4.78 is 11.7. The van der Waals surface area contributed by atoms with E-state index in [0.717, 1.165) is 50.6 Å². The van der Waals surface area contributed by atoms with Crippen LogP contribution in [-0.4, -0.2) is 73.3 Å². The Balaban J connectivity index is 1.05. The number of unbranched alkanes of at least 4 members (excludes halogenated alkanes) is 1. The fraction of sp³-hybridized carbons (Fsp3) is 0.182. The molecule has 1 fully saturated rings. The number of β-lactam (4-membered cyclic amide) rings is 1. The van der Waals surface area contributed by atoms with Crippen molar-refractivity contribution in [3.05, 3.63) is 226 Å². The average Bonchev–Trinajstić information content (AvgIpc) is 3.89. The molecule has 0 radical (unpaired) electrons. The van der Waals surface area contributed by atoms with Crippen molar-refractivity contribution in [2.24, 2.45) is 5.16 Å². The Morgan fingerprint density at radius 3 is 1.94 bits per heavy atom.